The third-order valence-electron chi connectivity index (χ3n) is 9.02. The summed E-state index contributed by atoms with van der Waals surface area (Å²) in [5.74, 6) is 5.71. The number of rotatable bonds is 0. The first-order valence-electron chi connectivity index (χ1n) is 12.5. The number of nitrogens with zero attached hydrogens (tertiary/aromatic N) is 1. The van der Waals surface area contributed by atoms with Gasteiger partial charge < -0.3 is 9.32 Å². The van der Waals surface area contributed by atoms with Gasteiger partial charge in [0.25, 0.3) is 0 Å². The lowest BCUT2D eigenvalue weighted by Gasteiger charge is -2.46. The highest BCUT2D eigenvalue weighted by atomic mass is 16.3. The minimum Gasteiger partial charge on any atom is -0.465 e. The minimum absolute atomic E-state index is 0.452. The average molecular weight is 392 g/mol. The van der Waals surface area contributed by atoms with Crippen molar-refractivity contribution in [2.45, 2.75) is 82.5 Å². The monoisotopic (exact) mass is 391 g/mol. The topological polar surface area (TPSA) is 16.4 Å². The third kappa shape index (κ3) is 3.00. The first-order chi connectivity index (χ1) is 14.4. The summed E-state index contributed by atoms with van der Waals surface area (Å²) >= 11 is 0. The molecule has 6 bridgehead atoms. The van der Waals surface area contributed by atoms with Gasteiger partial charge in [-0.05, 0) is 100 Å². The van der Waals surface area contributed by atoms with E-state index in [1.54, 1.807) is 5.56 Å². The summed E-state index contributed by atoms with van der Waals surface area (Å²) in [5, 5.41) is 0. The van der Waals surface area contributed by atoms with Gasteiger partial charge in [0.1, 0.15) is 11.5 Å². The third-order valence-corrected chi connectivity index (χ3v) is 9.02. The van der Waals surface area contributed by atoms with Crippen molar-refractivity contribution in [2.75, 3.05) is 19.6 Å². The van der Waals surface area contributed by atoms with Gasteiger partial charge in [0.15, 0.2) is 0 Å². The second-order valence-corrected chi connectivity index (χ2v) is 10.6. The van der Waals surface area contributed by atoms with Crippen molar-refractivity contribution in [3.63, 3.8) is 0 Å². The summed E-state index contributed by atoms with van der Waals surface area (Å²) < 4.78 is 6.74. The van der Waals surface area contributed by atoms with E-state index in [4.69, 9.17) is 4.42 Å². The number of hydrogen-bond acceptors (Lipinski definition) is 2. The molecule has 6 atom stereocenters. The largest absolute Gasteiger partial charge is 0.465 e. The van der Waals surface area contributed by atoms with Crippen molar-refractivity contribution in [2.24, 2.45) is 17.3 Å². The molecule has 3 aliphatic heterocycles. The smallest absolute Gasteiger partial charge is 0.111 e. The molecule has 2 nitrogen and oxygen atoms in total. The van der Waals surface area contributed by atoms with Gasteiger partial charge in [-0.15, -0.1) is 0 Å². The Hall–Kier alpha value is -1.28. The quantitative estimate of drug-likeness (QED) is 0.464. The number of piperidine rings is 1. The predicted molar refractivity (Wildman–Crippen MR) is 118 cm³/mol. The summed E-state index contributed by atoms with van der Waals surface area (Å²) in [5.41, 5.74) is 2.08. The molecule has 4 heterocycles. The van der Waals surface area contributed by atoms with Crippen molar-refractivity contribution in [1.29, 1.82) is 0 Å². The summed E-state index contributed by atoms with van der Waals surface area (Å²) in [6.45, 7) is 3.91. The van der Waals surface area contributed by atoms with E-state index in [1.807, 2.05) is 0 Å². The van der Waals surface area contributed by atoms with Crippen LogP contribution in [0.2, 0.25) is 0 Å². The molecule has 4 unspecified atom stereocenters. The lowest BCUT2D eigenvalue weighted by atomic mass is 9.67. The normalized spacial score (nSPS) is 43.7. The average Bonchev–Trinajstić information content (AvgIpc) is 3.29. The van der Waals surface area contributed by atoms with Crippen molar-refractivity contribution >= 4 is 0 Å². The summed E-state index contributed by atoms with van der Waals surface area (Å²) in [6.07, 6.45) is 24.3. The van der Waals surface area contributed by atoms with Gasteiger partial charge in [-0.1, -0.05) is 30.7 Å². The standard InChI is InChI=1S/C27H37NO/c1-2-6-10-15-28-16-14-24-23-17-21(12-8-3-1)29-26(23)25-22-13-9-5-4-7-11-20(22)18-27(24,25)19-28/h1,3,7,11,17,20,22,24-25H,2,4-6,8-10,12-16,18-19H2/b3-1-,11-7-/t20?,22-,24+,25?,27?/m1/s1. The Balaban J connectivity index is 1.42. The maximum Gasteiger partial charge on any atom is 0.111 e. The Morgan fingerprint density at radius 3 is 2.83 bits per heavy atom. The van der Waals surface area contributed by atoms with E-state index >= 15 is 0 Å². The number of allylic oxidation sites excluding steroid dienone is 4. The van der Waals surface area contributed by atoms with Crippen LogP contribution >= 0.6 is 0 Å². The summed E-state index contributed by atoms with van der Waals surface area (Å²) in [6, 6.07) is 2.50. The van der Waals surface area contributed by atoms with E-state index in [0.717, 1.165) is 30.6 Å². The van der Waals surface area contributed by atoms with Crippen LogP contribution in [0.3, 0.4) is 0 Å². The number of hydrogen-bond donors (Lipinski definition) is 0. The summed E-state index contributed by atoms with van der Waals surface area (Å²) in [4.78, 5) is 2.84. The second-order valence-electron chi connectivity index (χ2n) is 10.6. The molecule has 6 aliphatic rings. The highest BCUT2D eigenvalue weighted by Crippen LogP contribution is 2.70. The molecule has 2 fully saturated rings. The fraction of sp³-hybridized carbons (Fsp3) is 0.704. The Morgan fingerprint density at radius 2 is 1.83 bits per heavy atom. The lowest BCUT2D eigenvalue weighted by molar-refractivity contribution is 0.0566. The first kappa shape index (κ1) is 18.5. The van der Waals surface area contributed by atoms with E-state index in [0.29, 0.717) is 11.3 Å². The SMILES string of the molecule is C1=C\C2CC34CN5CCCC/C=C\CCc6cc(c(o6)C3[C@@H]2CCCC/1)[C@@H]4CC5. The van der Waals surface area contributed by atoms with Gasteiger partial charge in [-0.2, -0.15) is 0 Å². The van der Waals surface area contributed by atoms with E-state index in [2.05, 4.69) is 35.3 Å². The molecular weight excluding hydrogens is 354 g/mol. The molecular formula is C27H37NO. The molecule has 1 saturated carbocycles. The molecule has 0 amide bonds. The molecule has 3 aliphatic carbocycles. The van der Waals surface area contributed by atoms with Crippen LogP contribution in [0.1, 0.15) is 93.1 Å². The zero-order chi connectivity index (χ0) is 19.3. The number of fused-ring (bicyclic) bond motifs is 8. The van der Waals surface area contributed by atoms with E-state index in [-0.39, 0.29) is 0 Å². The molecule has 7 rings (SSSR count). The molecule has 1 aromatic heterocycles. The van der Waals surface area contributed by atoms with Crippen LogP contribution in [0.15, 0.2) is 34.8 Å². The van der Waals surface area contributed by atoms with Crippen molar-refractivity contribution in [3.8, 4) is 0 Å². The van der Waals surface area contributed by atoms with Gasteiger partial charge >= 0.3 is 0 Å². The number of furan rings is 1. The van der Waals surface area contributed by atoms with Crippen LogP contribution in [0.4, 0.5) is 0 Å². The Labute approximate surface area is 176 Å². The highest BCUT2D eigenvalue weighted by Gasteiger charge is 2.64. The van der Waals surface area contributed by atoms with Gasteiger partial charge in [-0.25, -0.2) is 0 Å². The molecule has 1 spiro atoms. The zero-order valence-electron chi connectivity index (χ0n) is 18.0. The van der Waals surface area contributed by atoms with Crippen molar-refractivity contribution < 1.29 is 4.42 Å². The first-order valence-corrected chi connectivity index (χ1v) is 12.5. The fourth-order valence-electron chi connectivity index (χ4n) is 7.91. The Morgan fingerprint density at radius 1 is 0.931 bits per heavy atom. The van der Waals surface area contributed by atoms with E-state index < -0.39 is 0 Å². The highest BCUT2D eigenvalue weighted by molar-refractivity contribution is 5.43. The molecule has 0 N–H and O–H groups in total. The molecule has 0 radical (unpaired) electrons. The fourth-order valence-corrected chi connectivity index (χ4v) is 7.91. The minimum atomic E-state index is 0.452. The van der Waals surface area contributed by atoms with Crippen LogP contribution in [0.25, 0.3) is 0 Å². The second kappa shape index (κ2) is 7.45. The van der Waals surface area contributed by atoms with Gasteiger partial charge in [-0.3, -0.25) is 0 Å². The molecule has 1 saturated heterocycles. The Kier molecular flexibility index (Phi) is 4.75. The number of aryl methyl sites for hydroxylation is 1. The van der Waals surface area contributed by atoms with E-state index in [9.17, 15) is 0 Å². The van der Waals surface area contributed by atoms with E-state index in [1.165, 1.54) is 88.9 Å². The molecule has 0 aromatic carbocycles. The maximum atomic E-state index is 6.74. The van der Waals surface area contributed by atoms with Crippen LogP contribution in [0, 0.1) is 17.3 Å². The predicted octanol–water partition coefficient (Wildman–Crippen LogP) is 6.59. The molecule has 156 valence electrons. The molecule has 29 heavy (non-hydrogen) atoms. The Bertz CT molecular complexity index is 803. The maximum absolute atomic E-state index is 6.74. The van der Waals surface area contributed by atoms with Gasteiger partial charge in [0, 0.05) is 24.3 Å². The van der Waals surface area contributed by atoms with Crippen LogP contribution < -0.4 is 0 Å². The summed E-state index contributed by atoms with van der Waals surface area (Å²) in [7, 11) is 0. The van der Waals surface area contributed by atoms with Crippen LogP contribution in [-0.4, -0.2) is 24.5 Å². The van der Waals surface area contributed by atoms with Crippen molar-refractivity contribution in [3.05, 3.63) is 47.5 Å². The zero-order valence-corrected chi connectivity index (χ0v) is 18.0. The lowest BCUT2D eigenvalue weighted by Crippen LogP contribution is -2.47. The molecule has 2 heteroatoms. The van der Waals surface area contributed by atoms with Crippen LogP contribution in [-0.2, 0) is 6.42 Å². The van der Waals surface area contributed by atoms with Gasteiger partial charge in [0.2, 0.25) is 0 Å². The van der Waals surface area contributed by atoms with Gasteiger partial charge in [0.05, 0.1) is 0 Å². The van der Waals surface area contributed by atoms with Crippen molar-refractivity contribution in [1.82, 2.24) is 4.90 Å². The molecule has 1 aromatic rings. The van der Waals surface area contributed by atoms with Crippen LogP contribution in [0.5, 0.6) is 0 Å².